The molecule has 0 saturated heterocycles. The third kappa shape index (κ3) is 4.21. The van der Waals surface area contributed by atoms with Gasteiger partial charge in [0.25, 0.3) is 5.56 Å². The molecule has 3 rings (SSSR count). The smallest absolute Gasteiger partial charge is 0.332 e. The van der Waals surface area contributed by atoms with E-state index in [9.17, 15) is 18.0 Å². The van der Waals surface area contributed by atoms with E-state index in [4.69, 9.17) is 11.6 Å². The number of nitrogens with zero attached hydrogens (tertiary/aromatic N) is 2. The molecule has 0 amide bonds. The van der Waals surface area contributed by atoms with E-state index in [1.165, 1.54) is 11.3 Å². The Morgan fingerprint density at radius 3 is 2.64 bits per heavy atom. The summed E-state index contributed by atoms with van der Waals surface area (Å²) in [7, 11) is 0. The number of halogens is 4. The van der Waals surface area contributed by atoms with Crippen molar-refractivity contribution >= 4 is 33.8 Å². The van der Waals surface area contributed by atoms with Crippen LogP contribution in [0, 0.1) is 0 Å². The minimum Gasteiger partial charge on any atom is -0.332 e. The van der Waals surface area contributed by atoms with Gasteiger partial charge in [0.15, 0.2) is 5.13 Å². The van der Waals surface area contributed by atoms with Gasteiger partial charge in [0.2, 0.25) is 0 Å². The van der Waals surface area contributed by atoms with Gasteiger partial charge in [-0.25, -0.2) is 4.98 Å². The Bertz CT molecular complexity index is 938. The molecule has 0 aliphatic heterocycles. The summed E-state index contributed by atoms with van der Waals surface area (Å²) in [4.78, 5) is 16.3. The van der Waals surface area contributed by atoms with Crippen LogP contribution in [-0.4, -0.2) is 9.55 Å². The molecule has 1 N–H and O–H groups in total. The Balaban J connectivity index is 1.84. The molecular formula is C16H11ClF3N3OS. The zero-order valence-corrected chi connectivity index (χ0v) is 14.1. The zero-order chi connectivity index (χ0) is 18.0. The maximum atomic E-state index is 12.9. The standard InChI is InChI=1S/C16H11ClF3N3OS/c17-13-6-10(16(18,19)20)7-23(14(13)24)8-12-9-25-15(22-12)21-11-4-2-1-3-5-11/h1-7,9H,8H2,(H,21,22). The van der Waals surface area contributed by atoms with Crippen molar-refractivity contribution in [2.75, 3.05) is 5.32 Å². The van der Waals surface area contributed by atoms with Crippen LogP contribution in [0.1, 0.15) is 11.3 Å². The van der Waals surface area contributed by atoms with Crippen molar-refractivity contribution in [1.29, 1.82) is 0 Å². The van der Waals surface area contributed by atoms with E-state index >= 15 is 0 Å². The van der Waals surface area contributed by atoms with Gasteiger partial charge in [0.05, 0.1) is 17.8 Å². The molecule has 2 aromatic heterocycles. The summed E-state index contributed by atoms with van der Waals surface area (Å²) in [5.74, 6) is 0. The second-order valence-corrected chi connectivity index (χ2v) is 6.41. The number of hydrogen-bond donors (Lipinski definition) is 1. The average molecular weight is 386 g/mol. The summed E-state index contributed by atoms with van der Waals surface area (Å²) in [6.45, 7) is -0.102. The van der Waals surface area contributed by atoms with Crippen molar-refractivity contribution in [1.82, 2.24) is 9.55 Å². The number of para-hydroxylation sites is 1. The normalized spacial score (nSPS) is 11.5. The molecule has 3 aromatic rings. The molecule has 130 valence electrons. The highest BCUT2D eigenvalue weighted by Gasteiger charge is 2.32. The van der Waals surface area contributed by atoms with Gasteiger partial charge in [0.1, 0.15) is 5.02 Å². The number of benzene rings is 1. The third-order valence-corrected chi connectivity index (χ3v) is 4.36. The molecule has 2 heterocycles. The van der Waals surface area contributed by atoms with Crippen LogP contribution in [0.3, 0.4) is 0 Å². The molecule has 0 fully saturated rings. The van der Waals surface area contributed by atoms with Crippen molar-refractivity contribution in [3.63, 3.8) is 0 Å². The first-order valence-electron chi connectivity index (χ1n) is 7.06. The van der Waals surface area contributed by atoms with Crippen LogP contribution in [0.2, 0.25) is 5.02 Å². The van der Waals surface area contributed by atoms with Crippen molar-refractivity contribution in [2.45, 2.75) is 12.7 Å². The largest absolute Gasteiger partial charge is 0.417 e. The van der Waals surface area contributed by atoms with Crippen molar-refractivity contribution in [3.05, 3.63) is 74.6 Å². The quantitative estimate of drug-likeness (QED) is 0.703. The fraction of sp³-hybridized carbons (Fsp3) is 0.125. The maximum Gasteiger partial charge on any atom is 0.417 e. The van der Waals surface area contributed by atoms with Crippen molar-refractivity contribution < 1.29 is 13.2 Å². The van der Waals surface area contributed by atoms with E-state index < -0.39 is 22.3 Å². The summed E-state index contributed by atoms with van der Waals surface area (Å²) >= 11 is 6.93. The van der Waals surface area contributed by atoms with E-state index in [2.05, 4.69) is 10.3 Å². The number of aromatic nitrogens is 2. The fourth-order valence-electron chi connectivity index (χ4n) is 2.13. The van der Waals surface area contributed by atoms with Gasteiger partial charge in [0, 0.05) is 17.3 Å². The number of pyridine rings is 1. The van der Waals surface area contributed by atoms with E-state index in [1.807, 2.05) is 30.3 Å². The highest BCUT2D eigenvalue weighted by Crippen LogP contribution is 2.30. The van der Waals surface area contributed by atoms with Gasteiger partial charge in [-0.3, -0.25) is 4.79 Å². The first-order valence-corrected chi connectivity index (χ1v) is 8.32. The lowest BCUT2D eigenvalue weighted by atomic mass is 10.2. The van der Waals surface area contributed by atoms with Crippen LogP contribution in [0.25, 0.3) is 0 Å². The number of nitrogens with one attached hydrogen (secondary N) is 1. The van der Waals surface area contributed by atoms with Crippen LogP contribution in [0.5, 0.6) is 0 Å². The molecule has 0 unspecified atom stereocenters. The van der Waals surface area contributed by atoms with Crippen LogP contribution in [-0.2, 0) is 12.7 Å². The summed E-state index contributed by atoms with van der Waals surface area (Å²) < 4.78 is 39.5. The van der Waals surface area contributed by atoms with Crippen LogP contribution >= 0.6 is 22.9 Å². The van der Waals surface area contributed by atoms with Crippen LogP contribution in [0.15, 0.2) is 52.8 Å². The van der Waals surface area contributed by atoms with Gasteiger partial charge >= 0.3 is 6.18 Å². The molecule has 1 aromatic carbocycles. The lowest BCUT2D eigenvalue weighted by Crippen LogP contribution is -2.23. The number of anilines is 2. The Kier molecular flexibility index (Phi) is 4.82. The Hall–Kier alpha value is -2.32. The average Bonchev–Trinajstić information content (AvgIpc) is 2.98. The van der Waals surface area contributed by atoms with Gasteiger partial charge < -0.3 is 9.88 Å². The summed E-state index contributed by atoms with van der Waals surface area (Å²) in [5.41, 5.74) is -0.376. The summed E-state index contributed by atoms with van der Waals surface area (Å²) in [6, 6.07) is 9.95. The molecule has 0 spiro atoms. The van der Waals surface area contributed by atoms with Crippen molar-refractivity contribution in [2.24, 2.45) is 0 Å². The van der Waals surface area contributed by atoms with Crippen molar-refractivity contribution in [3.8, 4) is 0 Å². The SMILES string of the molecule is O=c1c(Cl)cc(C(F)(F)F)cn1Cc1csc(Nc2ccccc2)n1. The minimum atomic E-state index is -4.58. The second kappa shape index (κ2) is 6.89. The highest BCUT2D eigenvalue weighted by molar-refractivity contribution is 7.13. The van der Waals surface area contributed by atoms with Crippen LogP contribution < -0.4 is 10.9 Å². The molecule has 0 bridgehead atoms. The Morgan fingerprint density at radius 2 is 1.96 bits per heavy atom. The monoisotopic (exact) mass is 385 g/mol. The first kappa shape index (κ1) is 17.5. The maximum absolute atomic E-state index is 12.9. The molecule has 0 atom stereocenters. The molecule has 0 saturated carbocycles. The Labute approximate surface area is 149 Å². The molecule has 0 aliphatic carbocycles. The number of rotatable bonds is 4. The molecule has 25 heavy (non-hydrogen) atoms. The molecule has 0 radical (unpaired) electrons. The summed E-state index contributed by atoms with van der Waals surface area (Å²) in [6.07, 6.45) is -3.83. The molecule has 4 nitrogen and oxygen atoms in total. The van der Waals surface area contributed by atoms with Gasteiger partial charge in [-0.2, -0.15) is 13.2 Å². The lowest BCUT2D eigenvalue weighted by molar-refractivity contribution is -0.138. The number of alkyl halides is 3. The van der Waals surface area contributed by atoms with Gasteiger partial charge in [-0.05, 0) is 18.2 Å². The highest BCUT2D eigenvalue weighted by atomic mass is 35.5. The van der Waals surface area contributed by atoms with E-state index in [0.29, 0.717) is 16.9 Å². The number of hydrogen-bond acceptors (Lipinski definition) is 4. The molecular weight excluding hydrogens is 375 g/mol. The predicted octanol–water partition coefficient (Wildman–Crippen LogP) is 4.77. The fourth-order valence-corrected chi connectivity index (χ4v) is 3.08. The third-order valence-electron chi connectivity index (χ3n) is 3.28. The number of thiazole rings is 1. The zero-order valence-electron chi connectivity index (χ0n) is 12.5. The van der Waals surface area contributed by atoms with E-state index in [1.54, 1.807) is 5.38 Å². The van der Waals surface area contributed by atoms with Crippen LogP contribution in [0.4, 0.5) is 24.0 Å². The van der Waals surface area contributed by atoms with E-state index in [0.717, 1.165) is 16.5 Å². The minimum absolute atomic E-state index is 0.102. The molecule has 0 aliphatic rings. The topological polar surface area (TPSA) is 46.9 Å². The van der Waals surface area contributed by atoms with Gasteiger partial charge in [-0.15, -0.1) is 11.3 Å². The first-order chi connectivity index (χ1) is 11.8. The van der Waals surface area contributed by atoms with E-state index in [-0.39, 0.29) is 6.54 Å². The lowest BCUT2D eigenvalue weighted by Gasteiger charge is -2.11. The molecule has 9 heteroatoms. The second-order valence-electron chi connectivity index (χ2n) is 5.14. The summed E-state index contributed by atoms with van der Waals surface area (Å²) in [5, 5.41) is 4.86. The Morgan fingerprint density at radius 1 is 1.24 bits per heavy atom. The van der Waals surface area contributed by atoms with Gasteiger partial charge in [-0.1, -0.05) is 29.8 Å². The predicted molar refractivity (Wildman–Crippen MR) is 91.7 cm³/mol.